The first-order valence-corrected chi connectivity index (χ1v) is 6.04. The van der Waals surface area contributed by atoms with Gasteiger partial charge in [-0.15, -0.1) is 0 Å². The van der Waals surface area contributed by atoms with Crippen molar-refractivity contribution in [1.29, 1.82) is 0 Å². The molecule has 4 nitrogen and oxygen atoms in total. The van der Waals surface area contributed by atoms with E-state index in [2.05, 4.69) is 15.2 Å². The van der Waals surface area contributed by atoms with E-state index in [1.54, 1.807) is 6.20 Å². The van der Waals surface area contributed by atoms with Crippen molar-refractivity contribution in [2.75, 3.05) is 23.7 Å². The van der Waals surface area contributed by atoms with Gasteiger partial charge in [0.2, 0.25) is 0 Å². The van der Waals surface area contributed by atoms with Gasteiger partial charge >= 0.3 is 0 Å². The van der Waals surface area contributed by atoms with E-state index in [1.807, 2.05) is 12.1 Å². The second-order valence-electron chi connectivity index (χ2n) is 4.82. The molecule has 16 heavy (non-hydrogen) atoms. The molecule has 0 radical (unpaired) electrons. The quantitative estimate of drug-likeness (QED) is 0.794. The van der Waals surface area contributed by atoms with Crippen molar-refractivity contribution in [2.45, 2.75) is 31.3 Å². The summed E-state index contributed by atoms with van der Waals surface area (Å²) in [6, 6.07) is 5.37. The predicted octanol–water partition coefficient (Wildman–Crippen LogP) is 0.994. The Bertz CT molecular complexity index is 358. The molecule has 0 spiro atoms. The monoisotopic (exact) mass is 218 g/mol. The summed E-state index contributed by atoms with van der Waals surface area (Å²) in [5.41, 5.74) is 6.37. The number of pyridine rings is 1. The maximum atomic E-state index is 5.63. The number of nitrogens with zero attached hydrogens (tertiary/aromatic N) is 2. The number of hydrogen-bond acceptors (Lipinski definition) is 4. The topological polar surface area (TPSA) is 54.2 Å². The zero-order chi connectivity index (χ0) is 11.0. The Morgan fingerprint density at radius 3 is 2.81 bits per heavy atom. The van der Waals surface area contributed by atoms with Gasteiger partial charge in [-0.05, 0) is 31.4 Å². The van der Waals surface area contributed by atoms with Gasteiger partial charge in [0, 0.05) is 25.2 Å². The summed E-state index contributed by atoms with van der Waals surface area (Å²) in [6.07, 6.45) is 5.67. The minimum atomic E-state index is 0.645. The van der Waals surface area contributed by atoms with E-state index in [9.17, 15) is 0 Å². The highest BCUT2D eigenvalue weighted by molar-refractivity contribution is 5.46. The van der Waals surface area contributed by atoms with Gasteiger partial charge in [-0.25, -0.2) is 4.98 Å². The van der Waals surface area contributed by atoms with Gasteiger partial charge in [-0.1, -0.05) is 0 Å². The van der Waals surface area contributed by atoms with Gasteiger partial charge in [0.05, 0.1) is 11.9 Å². The smallest absolute Gasteiger partial charge is 0.128 e. The number of nitrogens with two attached hydrogens (primary N) is 1. The summed E-state index contributed by atoms with van der Waals surface area (Å²) in [5, 5.41) is 3.67. The molecule has 2 heterocycles. The average molecular weight is 218 g/mol. The van der Waals surface area contributed by atoms with Crippen LogP contribution in [0.1, 0.15) is 19.3 Å². The zero-order valence-corrected chi connectivity index (χ0v) is 9.39. The lowest BCUT2D eigenvalue weighted by Gasteiger charge is -2.17. The van der Waals surface area contributed by atoms with Crippen LogP contribution in [0.25, 0.3) is 0 Å². The number of aromatic nitrogens is 1. The van der Waals surface area contributed by atoms with E-state index in [-0.39, 0.29) is 0 Å². The summed E-state index contributed by atoms with van der Waals surface area (Å²) >= 11 is 0. The van der Waals surface area contributed by atoms with Crippen LogP contribution in [0.4, 0.5) is 11.5 Å². The Balaban J connectivity index is 1.61. The fourth-order valence-electron chi connectivity index (χ4n) is 2.27. The van der Waals surface area contributed by atoms with Crippen molar-refractivity contribution in [3.63, 3.8) is 0 Å². The van der Waals surface area contributed by atoms with Crippen molar-refractivity contribution < 1.29 is 0 Å². The number of nitrogens with one attached hydrogen (secondary N) is 1. The Hall–Kier alpha value is -1.29. The van der Waals surface area contributed by atoms with Gasteiger partial charge in [0.25, 0.3) is 0 Å². The summed E-state index contributed by atoms with van der Waals surface area (Å²) in [5.74, 6) is 1.05. The van der Waals surface area contributed by atoms with Gasteiger partial charge in [-0.2, -0.15) is 0 Å². The summed E-state index contributed by atoms with van der Waals surface area (Å²) < 4.78 is 0. The number of anilines is 2. The van der Waals surface area contributed by atoms with Crippen molar-refractivity contribution in [3.8, 4) is 0 Å². The maximum Gasteiger partial charge on any atom is 0.128 e. The second kappa shape index (κ2) is 3.94. The fourth-order valence-corrected chi connectivity index (χ4v) is 2.27. The summed E-state index contributed by atoms with van der Waals surface area (Å²) in [7, 11) is 0. The van der Waals surface area contributed by atoms with Crippen molar-refractivity contribution in [3.05, 3.63) is 18.3 Å². The first kappa shape index (κ1) is 9.90. The molecule has 3 N–H and O–H groups in total. The number of hydrogen-bond donors (Lipinski definition) is 2. The highest BCUT2D eigenvalue weighted by atomic mass is 15.2. The third-order valence-electron chi connectivity index (χ3n) is 3.33. The van der Waals surface area contributed by atoms with Crippen LogP contribution >= 0.6 is 0 Å². The second-order valence-corrected chi connectivity index (χ2v) is 4.82. The first-order valence-electron chi connectivity index (χ1n) is 6.04. The van der Waals surface area contributed by atoms with E-state index in [0.717, 1.165) is 30.6 Å². The first-order chi connectivity index (χ1) is 7.81. The maximum absolute atomic E-state index is 5.63. The molecule has 1 saturated heterocycles. The van der Waals surface area contributed by atoms with Gasteiger partial charge in [0.15, 0.2) is 0 Å². The highest BCUT2D eigenvalue weighted by Crippen LogP contribution is 2.24. The average Bonchev–Trinajstić information content (AvgIpc) is 2.97. The molecule has 2 aliphatic rings. The van der Waals surface area contributed by atoms with Gasteiger partial charge in [0.1, 0.15) is 5.82 Å². The molecule has 1 aliphatic carbocycles. The van der Waals surface area contributed by atoms with Crippen LogP contribution in [0.2, 0.25) is 0 Å². The van der Waals surface area contributed by atoms with Crippen molar-refractivity contribution in [2.24, 2.45) is 0 Å². The molecule has 0 amide bonds. The lowest BCUT2D eigenvalue weighted by Crippen LogP contribution is -2.34. The number of nitrogen functional groups attached to an aromatic ring is 1. The van der Waals surface area contributed by atoms with Gasteiger partial charge in [-0.3, -0.25) is 0 Å². The van der Waals surface area contributed by atoms with Crippen LogP contribution in [0.5, 0.6) is 0 Å². The van der Waals surface area contributed by atoms with E-state index >= 15 is 0 Å². The molecule has 1 saturated carbocycles. The molecule has 1 aromatic heterocycles. The molecule has 1 aliphatic heterocycles. The van der Waals surface area contributed by atoms with Crippen LogP contribution in [0.3, 0.4) is 0 Å². The van der Waals surface area contributed by atoms with Crippen LogP contribution in [0, 0.1) is 0 Å². The van der Waals surface area contributed by atoms with Crippen LogP contribution in [-0.2, 0) is 0 Å². The molecule has 1 aromatic rings. The molecule has 4 heteroatoms. The molecule has 86 valence electrons. The highest BCUT2D eigenvalue weighted by Gasteiger charge is 2.29. The van der Waals surface area contributed by atoms with Gasteiger partial charge < -0.3 is 16.0 Å². The number of rotatable bonds is 3. The Kier molecular flexibility index (Phi) is 2.44. The summed E-state index contributed by atoms with van der Waals surface area (Å²) in [4.78, 5) is 6.70. The van der Waals surface area contributed by atoms with Crippen LogP contribution < -0.4 is 16.0 Å². The van der Waals surface area contributed by atoms with E-state index in [0.29, 0.717) is 6.04 Å². The molecular weight excluding hydrogens is 200 g/mol. The molecule has 3 rings (SSSR count). The van der Waals surface area contributed by atoms with Crippen LogP contribution in [0.15, 0.2) is 18.3 Å². The predicted molar refractivity (Wildman–Crippen MR) is 65.4 cm³/mol. The minimum absolute atomic E-state index is 0.645. The lowest BCUT2D eigenvalue weighted by atomic mass is 10.2. The fraction of sp³-hybridized carbons (Fsp3) is 0.583. The van der Waals surface area contributed by atoms with Crippen molar-refractivity contribution in [1.82, 2.24) is 10.3 Å². The third-order valence-corrected chi connectivity index (χ3v) is 3.33. The molecule has 0 aromatic carbocycles. The lowest BCUT2D eigenvalue weighted by molar-refractivity contribution is 0.548. The van der Waals surface area contributed by atoms with Crippen LogP contribution in [-0.4, -0.2) is 30.2 Å². The molecule has 0 unspecified atom stereocenters. The Morgan fingerprint density at radius 2 is 2.12 bits per heavy atom. The largest absolute Gasteiger partial charge is 0.397 e. The molecule has 0 bridgehead atoms. The standard InChI is InChI=1S/C12H18N4/c13-9-1-4-12(14-7-9)16-6-5-11(8-16)15-10-2-3-10/h1,4,7,10-11,15H,2-3,5-6,8,13H2/t11-/m0/s1. The SMILES string of the molecule is Nc1ccc(N2CC[C@H](NC3CC3)C2)nc1. The Labute approximate surface area is 95.8 Å². The van der Waals surface area contributed by atoms with E-state index in [4.69, 9.17) is 5.73 Å². The molecule has 2 fully saturated rings. The normalized spacial score (nSPS) is 25.0. The Morgan fingerprint density at radius 1 is 1.25 bits per heavy atom. The summed E-state index contributed by atoms with van der Waals surface area (Å²) in [6.45, 7) is 2.18. The minimum Gasteiger partial charge on any atom is -0.397 e. The van der Waals surface area contributed by atoms with Crippen molar-refractivity contribution >= 4 is 11.5 Å². The van der Waals surface area contributed by atoms with E-state index < -0.39 is 0 Å². The zero-order valence-electron chi connectivity index (χ0n) is 9.39. The third kappa shape index (κ3) is 2.11. The van der Waals surface area contributed by atoms with E-state index in [1.165, 1.54) is 19.3 Å². The molecule has 1 atom stereocenters. The molecular formula is C12H18N4.